The molecular formula is C27H31NO6. The molecule has 0 radical (unpaired) electrons. The van der Waals surface area contributed by atoms with E-state index in [1.807, 2.05) is 67.6 Å². The highest BCUT2D eigenvalue weighted by Gasteiger charge is 2.16. The number of carbonyl (C=O) groups is 1. The minimum absolute atomic E-state index is 0.367. The molecular weight excluding hydrogens is 434 g/mol. The Kier molecular flexibility index (Phi) is 9.29. The topological polar surface area (TPSA) is 91.0 Å². The Bertz CT molecular complexity index is 1090. The molecule has 0 aliphatic carbocycles. The van der Waals surface area contributed by atoms with Gasteiger partial charge in [-0.15, -0.1) is 0 Å². The number of carboxylic acid groups (broad SMARTS) is 1. The third-order valence-electron chi connectivity index (χ3n) is 5.26. The van der Waals surface area contributed by atoms with Crippen LogP contribution in [0, 0.1) is 6.92 Å². The first kappa shape index (κ1) is 25.1. The molecule has 0 saturated carbocycles. The van der Waals surface area contributed by atoms with Crippen LogP contribution in [0.5, 0.6) is 11.5 Å². The average molecular weight is 466 g/mol. The monoisotopic (exact) mass is 465 g/mol. The summed E-state index contributed by atoms with van der Waals surface area (Å²) in [6.45, 7) is 4.49. The van der Waals surface area contributed by atoms with Crippen molar-refractivity contribution >= 4 is 12.0 Å². The van der Waals surface area contributed by atoms with Gasteiger partial charge in [0.05, 0.1) is 19.4 Å². The highest BCUT2D eigenvalue weighted by atomic mass is 16.5. The molecule has 2 aromatic carbocycles. The number of aromatic nitrogens is 1. The minimum Gasteiger partial charge on any atom is -0.497 e. The Balaban J connectivity index is 1.62. The standard InChI is InChI=1S/C27H31NO6/c1-4-32-25(27(29)30)13-9-8-12-21-18-22(31-3)14-15-24(21)33-17-16-23-19(2)34-26(28-23)20-10-6-5-7-11-20/h5-8,10-12,14-15,18,25H,4,9,13,16-17H2,1-3H3,(H,29,30)/b12-8+. The molecule has 1 aromatic heterocycles. The van der Waals surface area contributed by atoms with Gasteiger partial charge in [-0.3, -0.25) is 0 Å². The van der Waals surface area contributed by atoms with Crippen molar-refractivity contribution in [1.82, 2.24) is 4.98 Å². The summed E-state index contributed by atoms with van der Waals surface area (Å²) in [6, 6.07) is 15.4. The van der Waals surface area contributed by atoms with Crippen LogP contribution in [-0.4, -0.2) is 42.5 Å². The van der Waals surface area contributed by atoms with E-state index in [1.165, 1.54) is 0 Å². The molecule has 0 aliphatic rings. The van der Waals surface area contributed by atoms with Crippen LogP contribution in [0.3, 0.4) is 0 Å². The number of hydrogen-bond donors (Lipinski definition) is 1. The molecule has 1 N–H and O–H groups in total. The summed E-state index contributed by atoms with van der Waals surface area (Å²) in [4.78, 5) is 15.9. The van der Waals surface area contributed by atoms with E-state index in [0.717, 1.165) is 22.6 Å². The van der Waals surface area contributed by atoms with Crippen LogP contribution in [0.15, 0.2) is 59.0 Å². The lowest BCUT2D eigenvalue weighted by Gasteiger charge is -2.11. The number of aliphatic carboxylic acids is 1. The number of allylic oxidation sites excluding steroid dienone is 1. The predicted molar refractivity (Wildman–Crippen MR) is 130 cm³/mol. The maximum absolute atomic E-state index is 11.2. The van der Waals surface area contributed by atoms with Gasteiger partial charge in [0.15, 0.2) is 6.10 Å². The van der Waals surface area contributed by atoms with E-state index < -0.39 is 12.1 Å². The SMILES string of the molecule is CCOC(CC/C=C/c1cc(OC)ccc1OCCc1nc(-c2ccccc2)oc1C)C(=O)O. The van der Waals surface area contributed by atoms with Gasteiger partial charge in [0.25, 0.3) is 0 Å². The number of oxazole rings is 1. The molecule has 0 spiro atoms. The molecule has 3 rings (SSSR count). The first-order chi connectivity index (χ1) is 16.5. The molecule has 1 atom stereocenters. The first-order valence-electron chi connectivity index (χ1n) is 11.3. The van der Waals surface area contributed by atoms with E-state index in [9.17, 15) is 9.90 Å². The van der Waals surface area contributed by atoms with E-state index in [4.69, 9.17) is 18.6 Å². The van der Waals surface area contributed by atoms with Gasteiger partial charge in [-0.1, -0.05) is 30.4 Å². The van der Waals surface area contributed by atoms with Gasteiger partial charge in [-0.25, -0.2) is 9.78 Å². The zero-order valence-corrected chi connectivity index (χ0v) is 19.8. The van der Waals surface area contributed by atoms with Crippen LogP contribution in [-0.2, 0) is 16.0 Å². The van der Waals surface area contributed by atoms with Gasteiger partial charge in [0.2, 0.25) is 5.89 Å². The van der Waals surface area contributed by atoms with Crippen molar-refractivity contribution in [2.75, 3.05) is 20.3 Å². The number of hydrogen-bond acceptors (Lipinski definition) is 6. The summed E-state index contributed by atoms with van der Waals surface area (Å²) in [5, 5.41) is 9.21. The van der Waals surface area contributed by atoms with Crippen LogP contribution in [0.4, 0.5) is 0 Å². The van der Waals surface area contributed by atoms with Gasteiger partial charge in [0.1, 0.15) is 17.3 Å². The summed E-state index contributed by atoms with van der Waals surface area (Å²) in [5.74, 6) is 1.86. The Labute approximate surface area is 200 Å². The molecule has 0 bridgehead atoms. The Hall–Kier alpha value is -3.58. The summed E-state index contributed by atoms with van der Waals surface area (Å²) < 4.78 is 22.5. The van der Waals surface area contributed by atoms with E-state index in [2.05, 4.69) is 4.98 Å². The maximum Gasteiger partial charge on any atom is 0.332 e. The fourth-order valence-electron chi connectivity index (χ4n) is 3.47. The van der Waals surface area contributed by atoms with E-state index in [0.29, 0.717) is 49.9 Å². The summed E-state index contributed by atoms with van der Waals surface area (Å²) in [5.41, 5.74) is 2.65. The van der Waals surface area contributed by atoms with Crippen molar-refractivity contribution in [2.45, 2.75) is 39.2 Å². The highest BCUT2D eigenvalue weighted by molar-refractivity contribution is 5.72. The third kappa shape index (κ3) is 6.96. The molecule has 3 aromatic rings. The molecule has 0 amide bonds. The molecule has 180 valence electrons. The van der Waals surface area contributed by atoms with Crippen molar-refractivity contribution in [2.24, 2.45) is 0 Å². The zero-order chi connectivity index (χ0) is 24.3. The lowest BCUT2D eigenvalue weighted by molar-refractivity contribution is -0.150. The lowest BCUT2D eigenvalue weighted by atomic mass is 10.1. The number of ether oxygens (including phenoxy) is 3. The fourth-order valence-corrected chi connectivity index (χ4v) is 3.47. The van der Waals surface area contributed by atoms with Crippen molar-refractivity contribution in [3.05, 3.63) is 71.6 Å². The molecule has 0 fully saturated rings. The molecule has 0 saturated heterocycles. The van der Waals surface area contributed by atoms with Crippen molar-refractivity contribution in [3.63, 3.8) is 0 Å². The normalized spacial score (nSPS) is 12.1. The first-order valence-corrected chi connectivity index (χ1v) is 11.3. The van der Waals surface area contributed by atoms with Crippen LogP contribution in [0.1, 0.15) is 36.8 Å². The van der Waals surface area contributed by atoms with Crippen LogP contribution < -0.4 is 9.47 Å². The Morgan fingerprint density at radius 3 is 2.71 bits per heavy atom. The number of carboxylic acids is 1. The predicted octanol–water partition coefficient (Wildman–Crippen LogP) is 5.56. The van der Waals surface area contributed by atoms with E-state index in [1.54, 1.807) is 14.0 Å². The number of aryl methyl sites for hydroxylation is 1. The number of benzene rings is 2. The summed E-state index contributed by atoms with van der Waals surface area (Å²) in [6.07, 6.45) is 4.60. The van der Waals surface area contributed by atoms with Gasteiger partial charge >= 0.3 is 5.97 Å². The minimum atomic E-state index is -0.945. The van der Waals surface area contributed by atoms with Gasteiger partial charge in [-0.05, 0) is 57.0 Å². The molecule has 7 nitrogen and oxygen atoms in total. The van der Waals surface area contributed by atoms with E-state index in [-0.39, 0.29) is 0 Å². The molecule has 1 heterocycles. The second-order valence-electron chi connectivity index (χ2n) is 7.65. The highest BCUT2D eigenvalue weighted by Crippen LogP contribution is 2.27. The van der Waals surface area contributed by atoms with Crippen LogP contribution in [0.2, 0.25) is 0 Å². The number of rotatable bonds is 13. The second kappa shape index (κ2) is 12.6. The molecule has 1 unspecified atom stereocenters. The van der Waals surface area contributed by atoms with Crippen LogP contribution in [0.25, 0.3) is 17.5 Å². The number of methoxy groups -OCH3 is 1. The summed E-state index contributed by atoms with van der Waals surface area (Å²) >= 11 is 0. The molecule has 34 heavy (non-hydrogen) atoms. The van der Waals surface area contributed by atoms with Gasteiger partial charge in [0, 0.05) is 24.2 Å². The number of nitrogens with zero attached hydrogens (tertiary/aromatic N) is 1. The Morgan fingerprint density at radius 2 is 2.00 bits per heavy atom. The van der Waals surface area contributed by atoms with Gasteiger partial charge < -0.3 is 23.7 Å². The van der Waals surface area contributed by atoms with Crippen molar-refractivity contribution in [1.29, 1.82) is 0 Å². The fraction of sp³-hybridized carbons (Fsp3) is 0.333. The quantitative estimate of drug-likeness (QED) is 0.353. The van der Waals surface area contributed by atoms with Crippen LogP contribution >= 0.6 is 0 Å². The van der Waals surface area contributed by atoms with E-state index >= 15 is 0 Å². The molecule has 0 aliphatic heterocycles. The largest absolute Gasteiger partial charge is 0.497 e. The second-order valence-corrected chi connectivity index (χ2v) is 7.65. The smallest absolute Gasteiger partial charge is 0.332 e. The van der Waals surface area contributed by atoms with Crippen molar-refractivity contribution < 1.29 is 28.5 Å². The van der Waals surface area contributed by atoms with Crippen molar-refractivity contribution in [3.8, 4) is 23.0 Å². The summed E-state index contributed by atoms with van der Waals surface area (Å²) in [7, 11) is 1.61. The Morgan fingerprint density at radius 1 is 1.21 bits per heavy atom. The molecule has 7 heteroatoms. The zero-order valence-electron chi connectivity index (χ0n) is 19.8. The van der Waals surface area contributed by atoms with Gasteiger partial charge in [-0.2, -0.15) is 0 Å². The lowest BCUT2D eigenvalue weighted by Crippen LogP contribution is -2.23. The maximum atomic E-state index is 11.2. The average Bonchev–Trinajstić information content (AvgIpc) is 3.22. The third-order valence-corrected chi connectivity index (χ3v) is 5.26.